The molecule has 0 aliphatic carbocycles. The largest absolute Gasteiger partial charge is 0.384 e. The van der Waals surface area contributed by atoms with E-state index in [1.807, 2.05) is 13.0 Å². The Kier molecular flexibility index (Phi) is 4.31. The second kappa shape index (κ2) is 5.99. The van der Waals surface area contributed by atoms with Crippen molar-refractivity contribution < 1.29 is 13.5 Å². The molecule has 0 aliphatic rings. The fourth-order valence-electron chi connectivity index (χ4n) is 1.80. The molecule has 7 heteroatoms. The summed E-state index contributed by atoms with van der Waals surface area (Å²) >= 11 is 0. The van der Waals surface area contributed by atoms with Crippen molar-refractivity contribution in [3.63, 3.8) is 0 Å². The van der Waals surface area contributed by atoms with Crippen molar-refractivity contribution in [2.24, 2.45) is 0 Å². The number of sulfonamides is 1. The van der Waals surface area contributed by atoms with Gasteiger partial charge in [-0.25, -0.2) is 8.42 Å². The summed E-state index contributed by atoms with van der Waals surface area (Å²) in [7, 11) is -3.74. The lowest BCUT2D eigenvalue weighted by molar-refractivity contribution is 0.350. The van der Waals surface area contributed by atoms with E-state index in [2.05, 4.69) is 26.8 Å². The molecule has 0 amide bonds. The number of H-pyrrole nitrogens is 1. The predicted octanol–water partition coefficient (Wildman–Crippen LogP) is 1.17. The normalized spacial score (nSPS) is 10.8. The molecule has 0 spiro atoms. The van der Waals surface area contributed by atoms with Gasteiger partial charge in [-0.2, -0.15) is 5.10 Å². The number of aromatic nitrogens is 2. The summed E-state index contributed by atoms with van der Waals surface area (Å²) in [5.74, 6) is 5.23. The van der Waals surface area contributed by atoms with Crippen molar-refractivity contribution in [1.82, 2.24) is 10.2 Å². The predicted molar refractivity (Wildman–Crippen MR) is 79.3 cm³/mol. The van der Waals surface area contributed by atoms with Gasteiger partial charge in [0.2, 0.25) is 0 Å². The van der Waals surface area contributed by atoms with Gasteiger partial charge >= 0.3 is 0 Å². The molecule has 0 fully saturated rings. The third-order valence-electron chi connectivity index (χ3n) is 2.79. The van der Waals surface area contributed by atoms with Gasteiger partial charge in [0.1, 0.15) is 11.5 Å². The van der Waals surface area contributed by atoms with Gasteiger partial charge < -0.3 is 5.11 Å². The Bertz CT molecular complexity index is 813. The summed E-state index contributed by atoms with van der Waals surface area (Å²) in [5, 5.41) is 15.1. The van der Waals surface area contributed by atoms with Crippen LogP contribution in [0.5, 0.6) is 0 Å². The monoisotopic (exact) mass is 305 g/mol. The van der Waals surface area contributed by atoms with Crippen LogP contribution in [0.2, 0.25) is 0 Å². The summed E-state index contributed by atoms with van der Waals surface area (Å²) in [5.41, 5.74) is 2.22. The molecule has 0 aliphatic heterocycles. The fraction of sp³-hybridized carbons (Fsp3) is 0.214. The molecule has 0 saturated carbocycles. The van der Waals surface area contributed by atoms with Crippen LogP contribution in [0.4, 0.5) is 5.69 Å². The first-order valence-electron chi connectivity index (χ1n) is 6.17. The number of aliphatic hydroxyl groups excluding tert-OH is 1. The molecule has 1 aromatic heterocycles. The van der Waals surface area contributed by atoms with Crippen LogP contribution in [0.3, 0.4) is 0 Å². The van der Waals surface area contributed by atoms with E-state index in [1.165, 1.54) is 6.20 Å². The van der Waals surface area contributed by atoms with Crippen molar-refractivity contribution in [3.8, 4) is 11.8 Å². The fourth-order valence-corrected chi connectivity index (χ4v) is 3.01. The molecule has 0 atom stereocenters. The Labute approximate surface area is 123 Å². The summed E-state index contributed by atoms with van der Waals surface area (Å²) in [6.07, 6.45) is 1.26. The maximum absolute atomic E-state index is 12.4. The lowest BCUT2D eigenvalue weighted by atomic mass is 10.1. The highest BCUT2D eigenvalue weighted by Crippen LogP contribution is 2.22. The van der Waals surface area contributed by atoms with Crippen LogP contribution in [0.25, 0.3) is 0 Å². The number of hydrogen-bond donors (Lipinski definition) is 3. The summed E-state index contributed by atoms with van der Waals surface area (Å²) in [4.78, 5) is 0.0880. The topological polar surface area (TPSA) is 95.1 Å². The van der Waals surface area contributed by atoms with Gasteiger partial charge in [0.15, 0.2) is 0 Å². The molecule has 1 heterocycles. The molecule has 0 bridgehead atoms. The van der Waals surface area contributed by atoms with E-state index in [4.69, 9.17) is 5.11 Å². The summed E-state index contributed by atoms with van der Waals surface area (Å²) in [6.45, 7) is 3.19. The highest BCUT2D eigenvalue weighted by Gasteiger charge is 2.19. The first-order valence-corrected chi connectivity index (χ1v) is 7.65. The standard InChI is InChI=1S/C14H15N3O3S/c1-10-5-6-12(4-3-7-18)13(8-10)17-21(19,20)14-9-15-16-11(14)2/h5-6,8-9,17-18H,7H2,1-2H3,(H,15,16). The number of nitrogens with one attached hydrogen (secondary N) is 2. The second-order valence-corrected chi connectivity index (χ2v) is 6.12. The summed E-state index contributed by atoms with van der Waals surface area (Å²) in [6, 6.07) is 5.22. The van der Waals surface area contributed by atoms with Crippen LogP contribution in [-0.2, 0) is 10.0 Å². The zero-order chi connectivity index (χ0) is 15.5. The molecular formula is C14H15N3O3S. The van der Waals surface area contributed by atoms with Crippen molar-refractivity contribution in [2.75, 3.05) is 11.3 Å². The van der Waals surface area contributed by atoms with Crippen molar-refractivity contribution in [2.45, 2.75) is 18.7 Å². The second-order valence-electron chi connectivity index (χ2n) is 4.47. The Balaban J connectivity index is 2.44. The highest BCUT2D eigenvalue weighted by molar-refractivity contribution is 7.92. The smallest absolute Gasteiger partial charge is 0.265 e. The third kappa shape index (κ3) is 3.42. The van der Waals surface area contributed by atoms with Crippen molar-refractivity contribution in [3.05, 3.63) is 41.2 Å². The molecule has 0 unspecified atom stereocenters. The van der Waals surface area contributed by atoms with E-state index < -0.39 is 10.0 Å². The van der Waals surface area contributed by atoms with Crippen molar-refractivity contribution >= 4 is 15.7 Å². The van der Waals surface area contributed by atoms with E-state index in [0.717, 1.165) is 5.56 Å². The van der Waals surface area contributed by atoms with Crippen LogP contribution >= 0.6 is 0 Å². The number of aliphatic hydroxyl groups is 1. The zero-order valence-electron chi connectivity index (χ0n) is 11.6. The molecule has 1 aromatic carbocycles. The van der Waals surface area contributed by atoms with E-state index >= 15 is 0 Å². The maximum Gasteiger partial charge on any atom is 0.265 e. The Morgan fingerprint density at radius 2 is 2.14 bits per heavy atom. The lowest BCUT2D eigenvalue weighted by Gasteiger charge is -2.10. The number of anilines is 1. The van der Waals surface area contributed by atoms with E-state index in [9.17, 15) is 8.42 Å². The van der Waals surface area contributed by atoms with Gasteiger partial charge in [-0.1, -0.05) is 17.9 Å². The molecular weight excluding hydrogens is 290 g/mol. The average molecular weight is 305 g/mol. The minimum atomic E-state index is -3.74. The number of aromatic amines is 1. The number of aryl methyl sites for hydroxylation is 2. The number of hydrogen-bond acceptors (Lipinski definition) is 4. The van der Waals surface area contributed by atoms with E-state index in [-0.39, 0.29) is 11.5 Å². The Morgan fingerprint density at radius 3 is 2.76 bits per heavy atom. The number of benzene rings is 1. The van der Waals surface area contributed by atoms with Crippen LogP contribution in [0.15, 0.2) is 29.3 Å². The van der Waals surface area contributed by atoms with Gasteiger partial charge in [-0.05, 0) is 31.5 Å². The first-order chi connectivity index (χ1) is 9.94. The molecule has 2 aromatic rings. The van der Waals surface area contributed by atoms with Crippen LogP contribution in [0.1, 0.15) is 16.8 Å². The SMILES string of the molecule is Cc1ccc(C#CCO)c(NS(=O)(=O)c2cn[nH]c2C)c1. The average Bonchev–Trinajstić information content (AvgIpc) is 2.84. The van der Waals surface area contributed by atoms with Gasteiger partial charge in [0.25, 0.3) is 10.0 Å². The van der Waals surface area contributed by atoms with Gasteiger partial charge in [0, 0.05) is 5.56 Å². The third-order valence-corrected chi connectivity index (χ3v) is 4.27. The van der Waals surface area contributed by atoms with Crippen LogP contribution in [-0.4, -0.2) is 30.3 Å². The van der Waals surface area contributed by atoms with Gasteiger partial charge in [0.05, 0.1) is 17.6 Å². The molecule has 6 nitrogen and oxygen atoms in total. The Hall–Kier alpha value is -2.30. The molecule has 3 N–H and O–H groups in total. The number of rotatable bonds is 3. The van der Waals surface area contributed by atoms with Crippen molar-refractivity contribution in [1.29, 1.82) is 0 Å². The zero-order valence-corrected chi connectivity index (χ0v) is 12.5. The van der Waals surface area contributed by atoms with E-state index in [0.29, 0.717) is 16.9 Å². The molecule has 110 valence electrons. The molecule has 2 rings (SSSR count). The maximum atomic E-state index is 12.4. The molecule has 0 radical (unpaired) electrons. The Morgan fingerprint density at radius 1 is 1.38 bits per heavy atom. The minimum absolute atomic E-state index is 0.0880. The lowest BCUT2D eigenvalue weighted by Crippen LogP contribution is -2.14. The quantitative estimate of drug-likeness (QED) is 0.742. The van der Waals surface area contributed by atoms with Crippen LogP contribution in [0, 0.1) is 25.7 Å². The van der Waals surface area contributed by atoms with Gasteiger partial charge in [-0.15, -0.1) is 0 Å². The first kappa shape index (κ1) is 15.1. The number of nitrogens with zero attached hydrogens (tertiary/aromatic N) is 1. The molecule has 21 heavy (non-hydrogen) atoms. The minimum Gasteiger partial charge on any atom is -0.384 e. The van der Waals surface area contributed by atoms with E-state index in [1.54, 1.807) is 19.1 Å². The van der Waals surface area contributed by atoms with Crippen LogP contribution < -0.4 is 4.72 Å². The van der Waals surface area contributed by atoms with Gasteiger partial charge in [-0.3, -0.25) is 9.82 Å². The highest BCUT2D eigenvalue weighted by atomic mass is 32.2. The summed E-state index contributed by atoms with van der Waals surface area (Å²) < 4.78 is 27.2. The molecule has 0 saturated heterocycles.